The van der Waals surface area contributed by atoms with Crippen LogP contribution in [0.3, 0.4) is 0 Å². The van der Waals surface area contributed by atoms with Crippen LogP contribution in [0.4, 0.5) is 0 Å². The quantitative estimate of drug-likeness (QED) is 0.702. The molecule has 3 heterocycles. The number of thiazole rings is 1. The maximum Gasteiger partial charge on any atom is 0.304 e. The molecular formula is C17H26N4O3S. The fourth-order valence-corrected chi connectivity index (χ4v) is 4.45. The summed E-state index contributed by atoms with van der Waals surface area (Å²) in [6, 6.07) is 0.165. The summed E-state index contributed by atoms with van der Waals surface area (Å²) in [5.74, 6) is -0.308. The minimum absolute atomic E-state index is 0.0262. The van der Waals surface area contributed by atoms with E-state index in [9.17, 15) is 9.59 Å². The van der Waals surface area contributed by atoms with E-state index in [2.05, 4.69) is 20.5 Å². The SMILES string of the molecule is O=C(O)CCN1CCC(NC(=O)c2cnc(C3CCNCC3)s2)CC1. The Hall–Kier alpha value is -1.51. The first-order chi connectivity index (χ1) is 12.1. The predicted octanol–water partition coefficient (Wildman–Crippen LogP) is 1.28. The van der Waals surface area contributed by atoms with Crippen molar-refractivity contribution >= 4 is 23.2 Å². The van der Waals surface area contributed by atoms with Gasteiger partial charge in [0.2, 0.25) is 0 Å². The third-order valence-electron chi connectivity index (χ3n) is 5.00. The molecule has 1 aromatic heterocycles. The number of likely N-dealkylation sites (tertiary alicyclic amines) is 1. The number of aromatic nitrogens is 1. The molecular weight excluding hydrogens is 340 g/mol. The molecule has 7 nitrogen and oxygen atoms in total. The fourth-order valence-electron chi connectivity index (χ4n) is 3.46. The highest BCUT2D eigenvalue weighted by atomic mass is 32.1. The molecule has 0 aromatic carbocycles. The van der Waals surface area contributed by atoms with Crippen molar-refractivity contribution < 1.29 is 14.7 Å². The minimum Gasteiger partial charge on any atom is -0.481 e. The molecule has 2 aliphatic rings. The highest BCUT2D eigenvalue weighted by molar-refractivity contribution is 7.13. The van der Waals surface area contributed by atoms with Gasteiger partial charge < -0.3 is 20.6 Å². The third-order valence-corrected chi connectivity index (χ3v) is 6.16. The number of hydrogen-bond acceptors (Lipinski definition) is 6. The number of amides is 1. The lowest BCUT2D eigenvalue weighted by atomic mass is 9.99. The smallest absolute Gasteiger partial charge is 0.304 e. The molecule has 3 N–H and O–H groups in total. The van der Waals surface area contributed by atoms with Gasteiger partial charge in [-0.25, -0.2) is 4.98 Å². The molecule has 1 amide bonds. The summed E-state index contributed by atoms with van der Waals surface area (Å²) < 4.78 is 0. The van der Waals surface area contributed by atoms with Crippen molar-refractivity contribution in [3.8, 4) is 0 Å². The van der Waals surface area contributed by atoms with Gasteiger partial charge >= 0.3 is 5.97 Å². The zero-order valence-corrected chi connectivity index (χ0v) is 15.2. The summed E-state index contributed by atoms with van der Waals surface area (Å²) in [6.45, 7) is 4.30. The van der Waals surface area contributed by atoms with Crippen LogP contribution in [0, 0.1) is 0 Å². The van der Waals surface area contributed by atoms with Crippen molar-refractivity contribution in [2.45, 2.75) is 44.1 Å². The van der Waals surface area contributed by atoms with Gasteiger partial charge in [0.15, 0.2) is 0 Å². The van der Waals surface area contributed by atoms with E-state index in [0.29, 0.717) is 17.3 Å². The van der Waals surface area contributed by atoms with Crippen LogP contribution < -0.4 is 10.6 Å². The number of rotatable bonds is 6. The first-order valence-electron chi connectivity index (χ1n) is 9.03. The topological polar surface area (TPSA) is 94.6 Å². The summed E-state index contributed by atoms with van der Waals surface area (Å²) in [4.78, 5) is 30.4. The normalized spacial score (nSPS) is 20.5. The number of hydrogen-bond donors (Lipinski definition) is 3. The number of carboxylic acids is 1. The van der Waals surface area contributed by atoms with Crippen molar-refractivity contribution in [1.82, 2.24) is 20.5 Å². The number of carbonyl (C=O) groups excluding carboxylic acids is 1. The predicted molar refractivity (Wildman–Crippen MR) is 96.1 cm³/mol. The minimum atomic E-state index is -0.759. The number of carboxylic acid groups (broad SMARTS) is 1. The molecule has 0 radical (unpaired) electrons. The van der Waals surface area contributed by atoms with Gasteiger partial charge in [0.05, 0.1) is 17.6 Å². The lowest BCUT2D eigenvalue weighted by Gasteiger charge is -2.31. The number of piperidine rings is 2. The maximum atomic E-state index is 12.5. The number of nitrogens with zero attached hydrogens (tertiary/aromatic N) is 2. The molecule has 1 aromatic rings. The van der Waals surface area contributed by atoms with Crippen LogP contribution in [-0.4, -0.2) is 65.6 Å². The molecule has 0 spiro atoms. The summed E-state index contributed by atoms with van der Waals surface area (Å²) >= 11 is 1.52. The number of nitrogens with one attached hydrogen (secondary N) is 2. The Labute approximate surface area is 151 Å². The average Bonchev–Trinajstić information content (AvgIpc) is 3.12. The van der Waals surface area contributed by atoms with Crippen LogP contribution in [0.1, 0.15) is 52.7 Å². The molecule has 0 saturated carbocycles. The lowest BCUT2D eigenvalue weighted by Crippen LogP contribution is -2.44. The molecule has 0 unspecified atom stereocenters. The first kappa shape index (κ1) is 18.3. The molecule has 3 rings (SSSR count). The molecule has 0 aliphatic carbocycles. The van der Waals surface area contributed by atoms with Gasteiger partial charge in [-0.3, -0.25) is 9.59 Å². The van der Waals surface area contributed by atoms with E-state index >= 15 is 0 Å². The van der Waals surface area contributed by atoms with Gasteiger partial charge in [-0.05, 0) is 38.8 Å². The van der Waals surface area contributed by atoms with Crippen LogP contribution in [0.15, 0.2) is 6.20 Å². The van der Waals surface area contributed by atoms with Gasteiger partial charge in [0.25, 0.3) is 5.91 Å². The second-order valence-electron chi connectivity index (χ2n) is 6.82. The van der Waals surface area contributed by atoms with E-state index in [1.807, 2.05) is 0 Å². The second kappa shape index (κ2) is 8.73. The highest BCUT2D eigenvalue weighted by Crippen LogP contribution is 2.29. The van der Waals surface area contributed by atoms with Crippen molar-refractivity contribution in [3.05, 3.63) is 16.1 Å². The van der Waals surface area contributed by atoms with E-state index < -0.39 is 5.97 Å². The summed E-state index contributed by atoms with van der Waals surface area (Å²) in [5, 5.41) is 16.3. The molecule has 8 heteroatoms. The molecule has 0 bridgehead atoms. The Morgan fingerprint density at radius 2 is 2.00 bits per heavy atom. The zero-order valence-electron chi connectivity index (χ0n) is 14.4. The lowest BCUT2D eigenvalue weighted by molar-refractivity contribution is -0.137. The highest BCUT2D eigenvalue weighted by Gasteiger charge is 2.24. The fraction of sp³-hybridized carbons (Fsp3) is 0.706. The van der Waals surface area contributed by atoms with Gasteiger partial charge in [-0.2, -0.15) is 0 Å². The Morgan fingerprint density at radius 1 is 1.28 bits per heavy atom. The van der Waals surface area contributed by atoms with Crippen LogP contribution in [0.5, 0.6) is 0 Å². The molecule has 2 aliphatic heterocycles. The monoisotopic (exact) mass is 366 g/mol. The average molecular weight is 366 g/mol. The van der Waals surface area contributed by atoms with Crippen molar-refractivity contribution in [2.24, 2.45) is 0 Å². The van der Waals surface area contributed by atoms with Gasteiger partial charge in [0.1, 0.15) is 4.88 Å². The van der Waals surface area contributed by atoms with Crippen LogP contribution in [0.2, 0.25) is 0 Å². The number of carbonyl (C=O) groups is 2. The maximum absolute atomic E-state index is 12.5. The Morgan fingerprint density at radius 3 is 2.68 bits per heavy atom. The standard InChI is InChI=1S/C17H26N4O3S/c22-15(23)5-10-21-8-3-13(4-9-21)20-16(24)14-11-19-17(25-14)12-1-6-18-7-2-12/h11-13,18H,1-10H2,(H,20,24)(H,22,23). The van der Waals surface area contributed by atoms with Gasteiger partial charge in [-0.1, -0.05) is 0 Å². The van der Waals surface area contributed by atoms with Crippen molar-refractivity contribution in [2.75, 3.05) is 32.7 Å². The third kappa shape index (κ3) is 5.23. The summed E-state index contributed by atoms with van der Waals surface area (Å²) in [7, 11) is 0. The Balaban J connectivity index is 1.45. The first-order valence-corrected chi connectivity index (χ1v) is 9.85. The largest absolute Gasteiger partial charge is 0.481 e. The molecule has 25 heavy (non-hydrogen) atoms. The van der Waals surface area contributed by atoms with Crippen molar-refractivity contribution in [3.63, 3.8) is 0 Å². The molecule has 138 valence electrons. The van der Waals surface area contributed by atoms with Gasteiger partial charge in [-0.15, -0.1) is 11.3 Å². The van der Waals surface area contributed by atoms with E-state index in [0.717, 1.165) is 56.9 Å². The summed E-state index contributed by atoms with van der Waals surface area (Å²) in [6.07, 6.45) is 5.79. The van der Waals surface area contributed by atoms with Crippen molar-refractivity contribution in [1.29, 1.82) is 0 Å². The van der Waals surface area contributed by atoms with E-state index in [4.69, 9.17) is 5.11 Å². The second-order valence-corrected chi connectivity index (χ2v) is 7.88. The van der Waals surface area contributed by atoms with E-state index in [1.165, 1.54) is 11.3 Å². The molecule has 2 fully saturated rings. The molecule has 0 atom stereocenters. The number of aliphatic carboxylic acids is 1. The summed E-state index contributed by atoms with van der Waals surface area (Å²) in [5.41, 5.74) is 0. The van der Waals surface area contributed by atoms with Crippen LogP contribution >= 0.6 is 11.3 Å². The zero-order chi connectivity index (χ0) is 17.6. The van der Waals surface area contributed by atoms with E-state index in [1.54, 1.807) is 6.20 Å². The van der Waals surface area contributed by atoms with Gasteiger partial charge in [0, 0.05) is 31.6 Å². The Kier molecular flexibility index (Phi) is 6.39. The molecule has 2 saturated heterocycles. The van der Waals surface area contributed by atoms with E-state index in [-0.39, 0.29) is 18.4 Å². The van der Waals surface area contributed by atoms with Crippen LogP contribution in [0.25, 0.3) is 0 Å². The Bertz CT molecular complexity index is 592. The van der Waals surface area contributed by atoms with Crippen LogP contribution in [-0.2, 0) is 4.79 Å².